The van der Waals surface area contributed by atoms with Crippen molar-refractivity contribution in [2.24, 2.45) is 0 Å². The van der Waals surface area contributed by atoms with Gasteiger partial charge in [-0.15, -0.1) is 0 Å². The van der Waals surface area contributed by atoms with E-state index in [1.807, 2.05) is 51.2 Å². The van der Waals surface area contributed by atoms with Crippen LogP contribution in [0.3, 0.4) is 0 Å². The smallest absolute Gasteiger partial charge is 0.245 e. The van der Waals surface area contributed by atoms with Gasteiger partial charge in [0.15, 0.2) is 17.3 Å². The van der Waals surface area contributed by atoms with Crippen LogP contribution in [0.15, 0.2) is 36.7 Å². The number of methoxy groups -OCH3 is 2. The second-order valence-corrected chi connectivity index (χ2v) is 8.23. The number of nitrogens with one attached hydrogen (secondary N) is 3. The monoisotopic (exact) mass is 454 g/mol. The van der Waals surface area contributed by atoms with Gasteiger partial charge in [0.2, 0.25) is 5.91 Å². The molecule has 0 radical (unpaired) electrons. The number of pyridine rings is 1. The number of fused-ring (bicyclic) bond motifs is 2. The molecule has 9 heteroatoms. The van der Waals surface area contributed by atoms with Crippen LogP contribution in [0.25, 0.3) is 33.3 Å². The highest BCUT2D eigenvalue weighted by Crippen LogP contribution is 2.37. The third-order valence-corrected chi connectivity index (χ3v) is 5.43. The Hall–Kier alpha value is -3.88. The summed E-state index contributed by atoms with van der Waals surface area (Å²) >= 11 is 0. The predicted molar refractivity (Wildman–Crippen MR) is 135 cm³/mol. The van der Waals surface area contributed by atoms with Crippen molar-refractivity contribution in [2.75, 3.05) is 26.1 Å². The summed E-state index contributed by atoms with van der Waals surface area (Å²) in [6.07, 6.45) is 4.42. The fourth-order valence-electron chi connectivity index (χ4n) is 3.62. The van der Waals surface area contributed by atoms with Crippen molar-refractivity contribution in [3.63, 3.8) is 0 Å². The number of hydrogen-bond donors (Lipinski definition) is 3. The topological polar surface area (TPSA) is 114 Å². The molecular formula is C24H34N6O3. The van der Waals surface area contributed by atoms with Crippen LogP contribution in [0.4, 0.5) is 5.82 Å². The first-order chi connectivity index (χ1) is 15.9. The number of rotatable bonds is 8. The first-order valence-corrected chi connectivity index (χ1v) is 10.8. The Morgan fingerprint density at radius 2 is 1.91 bits per heavy atom. The van der Waals surface area contributed by atoms with E-state index < -0.39 is 5.54 Å². The standard InChI is InChI=1S/C24H28N6O3.3H2/c1-6-9-26-23(31)24(2,3)30-22-15-11-18(32-4)19(33-5)12-17(15)28-21(29-22)16-13-27-20-14(16)8-7-10-25-20;;;/h7-8,10-13H,6,9H2,1-5H3,(H,25,27)(H,26,31)(H,28,29,30);3*1H. The van der Waals surface area contributed by atoms with Crippen molar-refractivity contribution in [2.45, 2.75) is 32.7 Å². The van der Waals surface area contributed by atoms with Crippen LogP contribution in [-0.2, 0) is 4.79 Å². The largest absolute Gasteiger partial charge is 0.493 e. The molecule has 0 unspecified atom stereocenters. The summed E-state index contributed by atoms with van der Waals surface area (Å²) in [7, 11) is 3.16. The van der Waals surface area contributed by atoms with E-state index in [-0.39, 0.29) is 10.2 Å². The zero-order valence-corrected chi connectivity index (χ0v) is 19.4. The van der Waals surface area contributed by atoms with Crippen LogP contribution < -0.4 is 20.1 Å². The van der Waals surface area contributed by atoms with Gasteiger partial charge in [-0.3, -0.25) is 4.79 Å². The Morgan fingerprint density at radius 3 is 2.64 bits per heavy atom. The minimum atomic E-state index is -0.914. The Labute approximate surface area is 196 Å². The molecule has 178 valence electrons. The maximum Gasteiger partial charge on any atom is 0.245 e. The Kier molecular flexibility index (Phi) is 6.04. The zero-order chi connectivity index (χ0) is 23.6. The molecule has 0 saturated heterocycles. The van der Waals surface area contributed by atoms with Gasteiger partial charge in [0.1, 0.15) is 17.0 Å². The molecule has 1 amide bonds. The van der Waals surface area contributed by atoms with Gasteiger partial charge in [-0.25, -0.2) is 15.0 Å². The first kappa shape index (κ1) is 22.3. The number of aromatic amines is 1. The number of amides is 1. The summed E-state index contributed by atoms with van der Waals surface area (Å²) in [5.41, 5.74) is 1.30. The predicted octanol–water partition coefficient (Wildman–Crippen LogP) is 4.65. The quantitative estimate of drug-likeness (QED) is 0.355. The molecule has 0 aliphatic rings. The molecule has 3 aromatic heterocycles. The lowest BCUT2D eigenvalue weighted by Crippen LogP contribution is -2.48. The molecule has 0 aliphatic carbocycles. The molecule has 1 aromatic carbocycles. The molecule has 0 saturated carbocycles. The van der Waals surface area contributed by atoms with Crippen LogP contribution >= 0.6 is 0 Å². The van der Waals surface area contributed by atoms with Crippen LogP contribution in [0.1, 0.15) is 31.5 Å². The summed E-state index contributed by atoms with van der Waals surface area (Å²) in [5.74, 6) is 2.01. The molecule has 0 aliphatic heterocycles. The van der Waals surface area contributed by atoms with Crippen molar-refractivity contribution in [1.29, 1.82) is 0 Å². The van der Waals surface area contributed by atoms with Gasteiger partial charge in [-0.2, -0.15) is 0 Å². The number of benzene rings is 1. The molecular weight excluding hydrogens is 420 g/mol. The summed E-state index contributed by atoms with van der Waals surface area (Å²) in [6, 6.07) is 7.46. The fourth-order valence-corrected chi connectivity index (χ4v) is 3.62. The number of carbonyl (C=O) groups excluding carboxylic acids is 1. The number of hydrogen-bond acceptors (Lipinski definition) is 7. The average molecular weight is 455 g/mol. The van der Waals surface area contributed by atoms with Crippen molar-refractivity contribution < 1.29 is 18.5 Å². The molecule has 0 fully saturated rings. The Balaban J connectivity index is 0.00000216. The molecule has 0 bridgehead atoms. The number of ether oxygens (including phenoxy) is 2. The zero-order valence-electron chi connectivity index (χ0n) is 19.4. The van der Waals surface area contributed by atoms with E-state index in [1.165, 1.54) is 0 Å². The van der Waals surface area contributed by atoms with E-state index in [0.29, 0.717) is 40.6 Å². The molecule has 0 atom stereocenters. The second kappa shape index (κ2) is 8.93. The molecule has 4 aromatic rings. The molecule has 3 N–H and O–H groups in total. The number of nitrogens with zero attached hydrogens (tertiary/aromatic N) is 3. The number of anilines is 1. The summed E-state index contributed by atoms with van der Waals surface area (Å²) in [6.45, 7) is 6.26. The molecule has 4 rings (SSSR count). The SMILES string of the molecule is CCCNC(=O)C(C)(C)Nc1nc(-c2c[nH]c3ncccc23)nc2cc(OC)c(OC)cc12.[HH].[HH].[HH]. The van der Waals surface area contributed by atoms with E-state index in [9.17, 15) is 4.79 Å². The minimum Gasteiger partial charge on any atom is -0.493 e. The highest BCUT2D eigenvalue weighted by molar-refractivity contribution is 5.98. The highest BCUT2D eigenvalue weighted by atomic mass is 16.5. The lowest BCUT2D eigenvalue weighted by Gasteiger charge is -2.26. The van der Waals surface area contributed by atoms with E-state index in [4.69, 9.17) is 19.4 Å². The van der Waals surface area contributed by atoms with Crippen molar-refractivity contribution in [3.05, 3.63) is 36.7 Å². The molecule has 3 heterocycles. The van der Waals surface area contributed by atoms with Crippen LogP contribution in [0.5, 0.6) is 11.5 Å². The maximum atomic E-state index is 12.8. The lowest BCUT2D eigenvalue weighted by atomic mass is 10.0. The molecule has 33 heavy (non-hydrogen) atoms. The minimum absolute atomic E-state index is 0. The van der Waals surface area contributed by atoms with E-state index in [1.54, 1.807) is 20.4 Å². The summed E-state index contributed by atoms with van der Waals surface area (Å²) in [4.78, 5) is 30.0. The average Bonchev–Trinajstić information content (AvgIpc) is 3.25. The van der Waals surface area contributed by atoms with E-state index in [2.05, 4.69) is 20.6 Å². The van der Waals surface area contributed by atoms with E-state index >= 15 is 0 Å². The number of aromatic nitrogens is 4. The van der Waals surface area contributed by atoms with Crippen molar-refractivity contribution >= 4 is 33.7 Å². The van der Waals surface area contributed by atoms with Gasteiger partial charge in [0.25, 0.3) is 0 Å². The Bertz CT molecular complexity index is 1330. The Morgan fingerprint density at radius 1 is 1.15 bits per heavy atom. The normalized spacial score (nSPS) is 11.5. The lowest BCUT2D eigenvalue weighted by molar-refractivity contribution is -0.124. The summed E-state index contributed by atoms with van der Waals surface area (Å²) < 4.78 is 11.0. The highest BCUT2D eigenvalue weighted by Gasteiger charge is 2.29. The van der Waals surface area contributed by atoms with E-state index in [0.717, 1.165) is 23.0 Å². The van der Waals surface area contributed by atoms with Gasteiger partial charge in [-0.1, -0.05) is 6.92 Å². The summed E-state index contributed by atoms with van der Waals surface area (Å²) in [5, 5.41) is 7.89. The van der Waals surface area contributed by atoms with Gasteiger partial charge in [0.05, 0.1) is 19.7 Å². The van der Waals surface area contributed by atoms with Gasteiger partial charge >= 0.3 is 0 Å². The number of H-pyrrole nitrogens is 1. The van der Waals surface area contributed by atoms with Gasteiger partial charge in [-0.05, 0) is 38.5 Å². The van der Waals surface area contributed by atoms with Gasteiger partial charge < -0.3 is 25.1 Å². The number of carbonyl (C=O) groups is 1. The second-order valence-electron chi connectivity index (χ2n) is 8.23. The van der Waals surface area contributed by atoms with Crippen LogP contribution in [0, 0.1) is 0 Å². The van der Waals surface area contributed by atoms with Crippen LogP contribution in [0.2, 0.25) is 0 Å². The first-order valence-electron chi connectivity index (χ1n) is 10.8. The molecule has 0 spiro atoms. The van der Waals surface area contributed by atoms with Crippen molar-refractivity contribution in [3.8, 4) is 22.9 Å². The maximum absolute atomic E-state index is 12.8. The third-order valence-electron chi connectivity index (χ3n) is 5.43. The fraction of sp³-hybridized carbons (Fsp3) is 0.333. The van der Waals surface area contributed by atoms with Gasteiger partial charge in [0, 0.05) is 45.6 Å². The van der Waals surface area contributed by atoms with Crippen LogP contribution in [-0.4, -0.2) is 52.1 Å². The molecule has 9 nitrogen and oxygen atoms in total. The van der Waals surface area contributed by atoms with Crippen molar-refractivity contribution in [1.82, 2.24) is 25.3 Å². The third kappa shape index (κ3) is 4.26.